The predicted octanol–water partition coefficient (Wildman–Crippen LogP) is 6.89. The Hall–Kier alpha value is -3.81. The van der Waals surface area contributed by atoms with Crippen molar-refractivity contribution in [2.45, 2.75) is 114 Å². The number of aliphatic imine (C=N–C) groups is 2. The number of H-pyrrole nitrogens is 3. The van der Waals surface area contributed by atoms with Gasteiger partial charge in [-0.25, -0.2) is 9.59 Å². The molecule has 214 valence electrons. The summed E-state index contributed by atoms with van der Waals surface area (Å²) in [5, 5.41) is 20.7. The molecule has 0 amide bonds. The van der Waals surface area contributed by atoms with Gasteiger partial charge in [-0.1, -0.05) is 57.8 Å². The highest BCUT2D eigenvalue weighted by molar-refractivity contribution is 5.52. The van der Waals surface area contributed by atoms with Gasteiger partial charge < -0.3 is 5.73 Å². The molecular formula is C29H41N9O2. The average Bonchev–Trinajstić information content (AvgIpc) is 3.77. The zero-order valence-electron chi connectivity index (χ0n) is 23.2. The number of rotatable bonds is 5. The quantitative estimate of drug-likeness (QED) is 0.200. The Labute approximate surface area is 234 Å². The van der Waals surface area contributed by atoms with E-state index in [1.54, 1.807) is 30.8 Å². The van der Waals surface area contributed by atoms with E-state index in [1.165, 1.54) is 96.3 Å². The van der Waals surface area contributed by atoms with Gasteiger partial charge in [0.25, 0.3) is 0 Å². The maximum Gasteiger partial charge on any atom is 0.240 e. The summed E-state index contributed by atoms with van der Waals surface area (Å²) in [6.45, 7) is 0. The molecule has 3 aliphatic carbocycles. The van der Waals surface area contributed by atoms with Crippen LogP contribution in [0, 0.1) is 0 Å². The lowest BCUT2D eigenvalue weighted by atomic mass is 9.86. The fraction of sp³-hybridized carbons (Fsp3) is 0.621. The third-order valence-corrected chi connectivity index (χ3v) is 8.37. The highest BCUT2D eigenvalue weighted by atomic mass is 16.1. The van der Waals surface area contributed by atoms with E-state index < -0.39 is 0 Å². The van der Waals surface area contributed by atoms with E-state index in [0.717, 1.165) is 22.8 Å². The first-order valence-corrected chi connectivity index (χ1v) is 14.7. The second-order valence-corrected chi connectivity index (χ2v) is 11.0. The third-order valence-electron chi connectivity index (χ3n) is 8.37. The molecule has 6 rings (SSSR count). The number of nitrogens with one attached hydrogen (secondary N) is 3. The molecule has 3 aromatic rings. The van der Waals surface area contributed by atoms with Crippen LogP contribution >= 0.6 is 0 Å². The summed E-state index contributed by atoms with van der Waals surface area (Å²) in [7, 11) is 0. The van der Waals surface area contributed by atoms with Gasteiger partial charge >= 0.3 is 0 Å². The normalized spacial score (nSPS) is 18.3. The molecule has 0 spiro atoms. The molecule has 11 heteroatoms. The molecule has 40 heavy (non-hydrogen) atoms. The minimum atomic E-state index is 0.498. The van der Waals surface area contributed by atoms with Crippen LogP contribution in [-0.4, -0.2) is 42.8 Å². The molecule has 0 atom stereocenters. The highest BCUT2D eigenvalue weighted by Crippen LogP contribution is 2.37. The van der Waals surface area contributed by atoms with Crippen molar-refractivity contribution in [1.29, 1.82) is 0 Å². The van der Waals surface area contributed by atoms with E-state index in [0.29, 0.717) is 29.1 Å². The minimum Gasteiger partial charge on any atom is -0.396 e. The molecule has 3 heterocycles. The van der Waals surface area contributed by atoms with Crippen molar-refractivity contribution in [2.24, 2.45) is 9.98 Å². The van der Waals surface area contributed by atoms with E-state index in [2.05, 4.69) is 40.6 Å². The van der Waals surface area contributed by atoms with Crippen molar-refractivity contribution in [3.8, 4) is 0 Å². The van der Waals surface area contributed by atoms with Gasteiger partial charge in [-0.3, -0.25) is 15.3 Å². The van der Waals surface area contributed by atoms with Crippen molar-refractivity contribution in [3.63, 3.8) is 0 Å². The average molecular weight is 548 g/mol. The van der Waals surface area contributed by atoms with E-state index in [1.807, 2.05) is 0 Å². The summed E-state index contributed by atoms with van der Waals surface area (Å²) in [5.74, 6) is 1.64. The monoisotopic (exact) mass is 547 g/mol. The fourth-order valence-corrected chi connectivity index (χ4v) is 6.26. The smallest absolute Gasteiger partial charge is 0.240 e. The minimum absolute atomic E-state index is 0.498. The Morgan fingerprint density at radius 2 is 0.925 bits per heavy atom. The molecule has 11 nitrogen and oxygen atoms in total. The number of nitrogens with two attached hydrogens (primary N) is 1. The second-order valence-electron chi connectivity index (χ2n) is 11.0. The number of anilines is 1. The lowest BCUT2D eigenvalue weighted by Gasteiger charge is -2.20. The summed E-state index contributed by atoms with van der Waals surface area (Å²) < 4.78 is 0. The van der Waals surface area contributed by atoms with Crippen LogP contribution in [0.2, 0.25) is 0 Å². The van der Waals surface area contributed by atoms with Crippen molar-refractivity contribution in [2.75, 3.05) is 5.73 Å². The van der Waals surface area contributed by atoms with Gasteiger partial charge in [0.2, 0.25) is 12.2 Å². The van der Waals surface area contributed by atoms with Crippen molar-refractivity contribution in [1.82, 2.24) is 30.6 Å². The number of isocyanates is 2. The van der Waals surface area contributed by atoms with E-state index >= 15 is 0 Å². The zero-order chi connectivity index (χ0) is 28.0. The van der Waals surface area contributed by atoms with Gasteiger partial charge in [-0.2, -0.15) is 25.3 Å². The Bertz CT molecular complexity index is 1180. The molecule has 0 radical (unpaired) electrons. The molecule has 0 bridgehead atoms. The largest absolute Gasteiger partial charge is 0.396 e. The Balaban J connectivity index is 0.000000139. The first-order valence-electron chi connectivity index (χ1n) is 14.7. The summed E-state index contributed by atoms with van der Waals surface area (Å²) in [5.41, 5.74) is 11.1. The summed E-state index contributed by atoms with van der Waals surface area (Å²) in [4.78, 5) is 27.6. The van der Waals surface area contributed by atoms with Crippen LogP contribution in [0.4, 0.5) is 17.1 Å². The van der Waals surface area contributed by atoms with Gasteiger partial charge in [-0.05, 0) is 38.5 Å². The molecular weight excluding hydrogens is 506 g/mol. The number of hydrogen-bond acceptors (Lipinski definition) is 8. The molecule has 3 aliphatic rings. The van der Waals surface area contributed by atoms with Crippen LogP contribution in [0.25, 0.3) is 0 Å². The summed E-state index contributed by atoms with van der Waals surface area (Å²) in [6.07, 6.45) is 27.0. The highest BCUT2D eigenvalue weighted by Gasteiger charge is 2.21. The molecule has 5 N–H and O–H groups in total. The molecule has 0 saturated heterocycles. The molecule has 3 aromatic heterocycles. The maximum absolute atomic E-state index is 10.2. The van der Waals surface area contributed by atoms with Crippen LogP contribution in [0.1, 0.15) is 131 Å². The molecule has 3 saturated carbocycles. The number of nitrogens with zero attached hydrogens (tertiary/aromatic N) is 5. The van der Waals surface area contributed by atoms with E-state index in [-0.39, 0.29) is 0 Å². The third kappa shape index (κ3) is 8.10. The van der Waals surface area contributed by atoms with Gasteiger partial charge in [0.1, 0.15) is 11.4 Å². The number of nitrogen functional groups attached to an aromatic ring is 1. The van der Waals surface area contributed by atoms with Crippen LogP contribution in [0.15, 0.2) is 28.6 Å². The molecule has 0 aromatic carbocycles. The Morgan fingerprint density at radius 1 is 0.575 bits per heavy atom. The van der Waals surface area contributed by atoms with Gasteiger partial charge in [0.15, 0.2) is 0 Å². The standard InChI is InChI=1S/2C10H13N3O.C9H15N3/c2*14-7-11-9-6-12-13-10(9)8-4-2-1-3-5-8;10-8-6-11-12-9(8)7-4-2-1-3-5-7/h2*6,8H,1-5H2,(H,12,13);6-7H,1-5,10H2,(H,11,12). The SMILES string of the molecule is Nc1cn[nH]c1C1CCCCC1.O=C=Nc1cn[nH]c1C1CCCCC1.O=C=Nc1cn[nH]c1C1CCCCC1. The van der Waals surface area contributed by atoms with Crippen LogP contribution in [0.5, 0.6) is 0 Å². The fourth-order valence-electron chi connectivity index (χ4n) is 6.26. The van der Waals surface area contributed by atoms with Gasteiger partial charge in [-0.15, -0.1) is 0 Å². The predicted molar refractivity (Wildman–Crippen MR) is 153 cm³/mol. The van der Waals surface area contributed by atoms with Crippen molar-refractivity contribution >= 4 is 29.2 Å². The van der Waals surface area contributed by atoms with Crippen molar-refractivity contribution < 1.29 is 9.59 Å². The molecule has 0 aliphatic heterocycles. The topological polar surface area (TPSA) is 171 Å². The number of aromatic nitrogens is 6. The maximum atomic E-state index is 10.2. The van der Waals surface area contributed by atoms with Crippen LogP contribution < -0.4 is 5.73 Å². The zero-order valence-corrected chi connectivity index (χ0v) is 23.2. The summed E-state index contributed by atoms with van der Waals surface area (Å²) in [6, 6.07) is 0. The lowest BCUT2D eigenvalue weighted by Crippen LogP contribution is -2.06. The van der Waals surface area contributed by atoms with Crippen molar-refractivity contribution in [3.05, 3.63) is 35.7 Å². The van der Waals surface area contributed by atoms with Crippen LogP contribution in [0.3, 0.4) is 0 Å². The van der Waals surface area contributed by atoms with Gasteiger partial charge in [0.05, 0.1) is 41.4 Å². The van der Waals surface area contributed by atoms with Crippen LogP contribution in [-0.2, 0) is 9.59 Å². The van der Waals surface area contributed by atoms with E-state index in [9.17, 15) is 9.59 Å². The van der Waals surface area contributed by atoms with E-state index in [4.69, 9.17) is 5.73 Å². The lowest BCUT2D eigenvalue weighted by molar-refractivity contribution is 0.437. The second kappa shape index (κ2) is 15.7. The Morgan fingerprint density at radius 3 is 1.27 bits per heavy atom. The number of carbonyl (C=O) groups excluding carboxylic acids is 2. The Kier molecular flexibility index (Phi) is 11.5. The molecule has 3 fully saturated rings. The first kappa shape index (κ1) is 29.2. The molecule has 0 unspecified atom stereocenters. The summed E-state index contributed by atoms with van der Waals surface area (Å²) >= 11 is 0. The number of hydrogen-bond donors (Lipinski definition) is 4. The first-order chi connectivity index (χ1) is 19.7. The number of aromatic amines is 3. The van der Waals surface area contributed by atoms with Gasteiger partial charge in [0, 0.05) is 17.8 Å².